The maximum Gasteiger partial charge on any atom is 0.220 e. The minimum absolute atomic E-state index is 0.198. The van der Waals surface area contributed by atoms with E-state index in [2.05, 4.69) is 141 Å². The second-order valence-electron chi connectivity index (χ2n) is 19.3. The first kappa shape index (κ1) is 67.3. The molecule has 0 saturated carbocycles. The largest absolute Gasteiger partial charge is 0.394 e. The fourth-order valence-electron chi connectivity index (χ4n) is 8.16. The van der Waals surface area contributed by atoms with E-state index in [0.29, 0.717) is 6.42 Å². The van der Waals surface area contributed by atoms with Gasteiger partial charge < -0.3 is 40.3 Å². The number of allylic oxidation sites excluding steroid dienone is 21. The molecular formula is C64H105NO8. The number of rotatable bonds is 47. The van der Waals surface area contributed by atoms with Crippen LogP contribution in [-0.2, 0) is 14.3 Å². The molecule has 7 unspecified atom stereocenters. The highest BCUT2D eigenvalue weighted by atomic mass is 16.7. The quantitative estimate of drug-likeness (QED) is 0.0261. The first-order chi connectivity index (χ1) is 35.8. The van der Waals surface area contributed by atoms with Crippen LogP contribution in [0, 0.1) is 0 Å². The number of hydrogen-bond acceptors (Lipinski definition) is 8. The van der Waals surface area contributed by atoms with Gasteiger partial charge in [0.05, 0.1) is 25.4 Å². The molecule has 1 heterocycles. The predicted molar refractivity (Wildman–Crippen MR) is 308 cm³/mol. The van der Waals surface area contributed by atoms with Gasteiger partial charge in [0.15, 0.2) is 6.29 Å². The summed E-state index contributed by atoms with van der Waals surface area (Å²) in [6.45, 7) is 3.60. The highest BCUT2D eigenvalue weighted by Gasteiger charge is 2.44. The summed E-state index contributed by atoms with van der Waals surface area (Å²) < 4.78 is 11.2. The molecule has 1 aliphatic heterocycles. The maximum absolute atomic E-state index is 13.0. The van der Waals surface area contributed by atoms with Gasteiger partial charge in [-0.2, -0.15) is 0 Å². The molecule has 1 saturated heterocycles. The van der Waals surface area contributed by atoms with Crippen molar-refractivity contribution in [1.82, 2.24) is 5.32 Å². The second-order valence-corrected chi connectivity index (χ2v) is 19.3. The zero-order chi connectivity index (χ0) is 52.9. The fourth-order valence-corrected chi connectivity index (χ4v) is 8.16. The van der Waals surface area contributed by atoms with E-state index in [1.54, 1.807) is 6.08 Å². The van der Waals surface area contributed by atoms with Crippen LogP contribution in [0.1, 0.15) is 206 Å². The van der Waals surface area contributed by atoms with E-state index >= 15 is 0 Å². The van der Waals surface area contributed by atoms with Crippen LogP contribution in [0.4, 0.5) is 0 Å². The van der Waals surface area contributed by atoms with Crippen molar-refractivity contribution in [3.05, 3.63) is 134 Å². The van der Waals surface area contributed by atoms with Crippen molar-refractivity contribution in [3.63, 3.8) is 0 Å². The molecule has 73 heavy (non-hydrogen) atoms. The van der Waals surface area contributed by atoms with Crippen molar-refractivity contribution in [1.29, 1.82) is 0 Å². The Morgan fingerprint density at radius 1 is 0.479 bits per heavy atom. The first-order valence-corrected chi connectivity index (χ1v) is 28.9. The lowest BCUT2D eigenvalue weighted by atomic mass is 9.99. The van der Waals surface area contributed by atoms with Crippen molar-refractivity contribution < 1.29 is 39.8 Å². The van der Waals surface area contributed by atoms with Gasteiger partial charge in [-0.15, -0.1) is 0 Å². The normalized spacial score (nSPS) is 20.1. The molecule has 0 aromatic carbocycles. The molecule has 414 valence electrons. The summed E-state index contributed by atoms with van der Waals surface area (Å²) in [6.07, 6.45) is 72.5. The molecule has 0 aromatic rings. The number of aliphatic hydroxyl groups excluding tert-OH is 5. The molecule has 9 heteroatoms. The van der Waals surface area contributed by atoms with Crippen LogP contribution in [-0.4, -0.2) is 87.5 Å². The number of ether oxygens (including phenoxy) is 2. The molecule has 6 N–H and O–H groups in total. The number of hydrogen-bond donors (Lipinski definition) is 6. The Morgan fingerprint density at radius 2 is 0.863 bits per heavy atom. The molecular weight excluding hydrogens is 911 g/mol. The Kier molecular flexibility index (Phi) is 47.8. The van der Waals surface area contributed by atoms with Gasteiger partial charge in [-0.1, -0.05) is 231 Å². The minimum atomic E-state index is -1.58. The van der Waals surface area contributed by atoms with Gasteiger partial charge in [0, 0.05) is 6.42 Å². The van der Waals surface area contributed by atoms with Crippen LogP contribution >= 0.6 is 0 Å². The van der Waals surface area contributed by atoms with Crippen molar-refractivity contribution in [2.24, 2.45) is 0 Å². The van der Waals surface area contributed by atoms with Gasteiger partial charge >= 0.3 is 0 Å². The summed E-state index contributed by atoms with van der Waals surface area (Å²) in [5.41, 5.74) is 0. The molecule has 1 amide bonds. The van der Waals surface area contributed by atoms with E-state index in [0.717, 1.165) is 109 Å². The van der Waals surface area contributed by atoms with E-state index in [-0.39, 0.29) is 12.5 Å². The highest BCUT2D eigenvalue weighted by molar-refractivity contribution is 5.76. The summed E-state index contributed by atoms with van der Waals surface area (Å²) in [7, 11) is 0. The summed E-state index contributed by atoms with van der Waals surface area (Å²) >= 11 is 0. The molecule has 1 fully saturated rings. The zero-order valence-corrected chi connectivity index (χ0v) is 45.8. The lowest BCUT2D eigenvalue weighted by molar-refractivity contribution is -0.302. The molecule has 9 nitrogen and oxygen atoms in total. The van der Waals surface area contributed by atoms with Crippen molar-refractivity contribution in [3.8, 4) is 0 Å². The van der Waals surface area contributed by atoms with Crippen LogP contribution in [0.5, 0.6) is 0 Å². The number of unbranched alkanes of at least 4 members (excludes halogenated alkanes) is 17. The Balaban J connectivity index is 2.13. The lowest BCUT2D eigenvalue weighted by Gasteiger charge is -2.40. The van der Waals surface area contributed by atoms with Gasteiger partial charge in [0.2, 0.25) is 5.91 Å². The third kappa shape index (κ3) is 41.3. The zero-order valence-electron chi connectivity index (χ0n) is 45.8. The van der Waals surface area contributed by atoms with Gasteiger partial charge in [-0.25, -0.2) is 0 Å². The lowest BCUT2D eigenvalue weighted by Crippen LogP contribution is -2.60. The van der Waals surface area contributed by atoms with E-state index in [1.807, 2.05) is 6.08 Å². The number of amides is 1. The summed E-state index contributed by atoms with van der Waals surface area (Å²) in [5.74, 6) is -0.198. The van der Waals surface area contributed by atoms with Gasteiger partial charge in [-0.05, 0) is 103 Å². The average molecular weight is 1020 g/mol. The molecule has 1 aliphatic rings. The topological polar surface area (TPSA) is 149 Å². The Morgan fingerprint density at radius 3 is 1.32 bits per heavy atom. The van der Waals surface area contributed by atoms with Crippen LogP contribution < -0.4 is 5.32 Å². The molecule has 1 rings (SSSR count). The smallest absolute Gasteiger partial charge is 0.220 e. The fraction of sp³-hybridized carbons (Fsp3) is 0.641. The molecule has 0 aromatic heterocycles. The van der Waals surface area contributed by atoms with Crippen LogP contribution in [0.25, 0.3) is 0 Å². The maximum atomic E-state index is 13.0. The SMILES string of the molecule is CC/C=C\C/C=C\C/C=C\C/C=C\C/C=C\C/C=C\C/C=C\C/C=C\C/C=C\CCCCCCCCCCCCCC(=O)NC(COC1OC(CO)C(O)C(O)C1O)C(O)/C=C/CC/C=C/CCCCCCC. The Labute approximate surface area is 445 Å². The predicted octanol–water partition coefficient (Wildman–Crippen LogP) is 14.5. The van der Waals surface area contributed by atoms with E-state index in [4.69, 9.17) is 9.47 Å². The van der Waals surface area contributed by atoms with E-state index in [9.17, 15) is 30.3 Å². The standard InChI is InChI=1S/C64H105NO8/c1-3-5-7-9-11-13-15-16-17-18-19-20-21-22-23-24-25-26-27-28-29-30-31-32-33-34-35-36-37-38-39-40-41-42-44-46-48-50-52-54-60(68)65-57(56-72-64-63(71)62(70)61(69)59(55-66)73-64)58(67)53-51-49-47-45-43-14-12-10-8-6-4-2/h5,7,11,13,16-17,19-20,22-23,25-26,28-29,31-32,34-35,43,45,51,53,57-59,61-64,66-67,69-71H,3-4,6,8-10,12,14-15,18,21,24,27,30,33,36-42,44,46-50,52,54-56H2,1-2H3,(H,65,68)/b7-5-,13-11-,17-16-,20-19-,23-22-,26-25-,29-28-,32-31-,35-34-,45-43+,53-51+. The van der Waals surface area contributed by atoms with Crippen LogP contribution in [0.15, 0.2) is 134 Å². The van der Waals surface area contributed by atoms with Gasteiger partial charge in [-0.3, -0.25) is 4.79 Å². The van der Waals surface area contributed by atoms with Gasteiger partial charge in [0.1, 0.15) is 24.4 Å². The van der Waals surface area contributed by atoms with Crippen LogP contribution in [0.2, 0.25) is 0 Å². The number of carbonyl (C=O) groups is 1. The van der Waals surface area contributed by atoms with Gasteiger partial charge in [0.25, 0.3) is 0 Å². The van der Waals surface area contributed by atoms with Crippen molar-refractivity contribution in [2.75, 3.05) is 13.2 Å². The summed E-state index contributed by atoms with van der Waals surface area (Å²) in [4.78, 5) is 13.0. The second kappa shape index (κ2) is 51.8. The highest BCUT2D eigenvalue weighted by Crippen LogP contribution is 2.23. The average Bonchev–Trinajstić information content (AvgIpc) is 3.39. The molecule has 0 spiro atoms. The Hall–Kier alpha value is -3.67. The number of nitrogens with one attached hydrogen (secondary N) is 1. The molecule has 0 bridgehead atoms. The third-order valence-corrected chi connectivity index (χ3v) is 12.7. The molecule has 7 atom stereocenters. The first-order valence-electron chi connectivity index (χ1n) is 28.9. The minimum Gasteiger partial charge on any atom is -0.394 e. The number of carbonyl (C=O) groups excluding carboxylic acids is 1. The van der Waals surface area contributed by atoms with Crippen molar-refractivity contribution in [2.45, 2.75) is 249 Å². The third-order valence-electron chi connectivity index (χ3n) is 12.7. The summed E-state index contributed by atoms with van der Waals surface area (Å²) in [6, 6.07) is -0.830. The molecule has 0 radical (unpaired) electrons. The molecule has 0 aliphatic carbocycles. The van der Waals surface area contributed by atoms with E-state index in [1.165, 1.54) is 77.0 Å². The van der Waals surface area contributed by atoms with Crippen molar-refractivity contribution >= 4 is 5.91 Å². The van der Waals surface area contributed by atoms with Crippen LogP contribution in [0.3, 0.4) is 0 Å². The van der Waals surface area contributed by atoms with E-state index < -0.39 is 49.5 Å². The summed E-state index contributed by atoms with van der Waals surface area (Å²) in [5, 5.41) is 54.3. The monoisotopic (exact) mass is 1020 g/mol. The number of aliphatic hydroxyl groups is 5. The Bertz CT molecular complexity index is 1600.